The van der Waals surface area contributed by atoms with Crippen molar-refractivity contribution in [2.45, 2.75) is 0 Å². The fraction of sp³-hybridized carbons (Fsp3) is 0. The number of hydrogen-bond acceptors (Lipinski definition) is 6. The van der Waals surface area contributed by atoms with E-state index in [1.807, 2.05) is 0 Å². The van der Waals surface area contributed by atoms with Gasteiger partial charge in [-0.3, -0.25) is 0 Å². The number of nitrogens with zero attached hydrogens (tertiary/aromatic N) is 2. The highest BCUT2D eigenvalue weighted by Gasteiger charge is 2.04. The largest absolute Gasteiger partial charge is 0.368 e. The Kier molecular flexibility index (Phi) is 3.20. The van der Waals surface area contributed by atoms with Crippen LogP contribution in [-0.2, 0) is 0 Å². The summed E-state index contributed by atoms with van der Waals surface area (Å²) >= 11 is 0. The first kappa shape index (κ1) is 12.0. The maximum Gasteiger partial charge on any atom is 0.223 e. The summed E-state index contributed by atoms with van der Waals surface area (Å²) in [4.78, 5) is 7.62. The van der Waals surface area contributed by atoms with Crippen molar-refractivity contribution in [1.82, 2.24) is 9.97 Å². The van der Waals surface area contributed by atoms with Crippen LogP contribution in [0.5, 0.6) is 0 Å². The van der Waals surface area contributed by atoms with Gasteiger partial charge in [0.2, 0.25) is 5.95 Å². The number of nitrogens with two attached hydrogens (primary N) is 2. The van der Waals surface area contributed by atoms with E-state index in [0.717, 1.165) is 18.2 Å². The van der Waals surface area contributed by atoms with E-state index in [2.05, 4.69) is 20.7 Å². The Morgan fingerprint density at radius 2 is 1.56 bits per heavy atom. The topological polar surface area (TPSA) is 102 Å². The minimum atomic E-state index is -0.697. The maximum atomic E-state index is 13.0. The fourth-order valence-electron chi connectivity index (χ4n) is 1.38. The first-order valence-electron chi connectivity index (χ1n) is 4.91. The summed E-state index contributed by atoms with van der Waals surface area (Å²) in [5.74, 6) is 4.31. The Morgan fingerprint density at radius 3 is 2.17 bits per heavy atom. The predicted molar refractivity (Wildman–Crippen MR) is 63.9 cm³/mol. The number of anilines is 4. The van der Waals surface area contributed by atoms with Gasteiger partial charge in [-0.05, 0) is 12.1 Å². The van der Waals surface area contributed by atoms with Crippen molar-refractivity contribution in [2.75, 3.05) is 16.5 Å². The zero-order valence-corrected chi connectivity index (χ0v) is 9.11. The molecule has 0 fully saturated rings. The van der Waals surface area contributed by atoms with Crippen LogP contribution in [0.1, 0.15) is 0 Å². The summed E-state index contributed by atoms with van der Waals surface area (Å²) < 4.78 is 26.0. The molecule has 1 heterocycles. The van der Waals surface area contributed by atoms with Crippen molar-refractivity contribution in [2.24, 2.45) is 5.84 Å². The molecule has 0 saturated heterocycles. The van der Waals surface area contributed by atoms with Crippen LogP contribution < -0.4 is 22.3 Å². The number of benzene rings is 1. The quantitative estimate of drug-likeness (QED) is 0.486. The molecule has 0 aliphatic rings. The summed E-state index contributed by atoms with van der Waals surface area (Å²) in [7, 11) is 0. The van der Waals surface area contributed by atoms with E-state index in [1.54, 1.807) is 0 Å². The maximum absolute atomic E-state index is 13.0. The standard InChI is InChI=1S/C10H10F2N6/c11-5-1-6(12)3-7(2-5)15-8-4-9(18-14)17-10(13)16-8/h1-4H,14H2,(H4,13,15,16,17,18). The first-order chi connectivity index (χ1) is 8.56. The van der Waals surface area contributed by atoms with E-state index in [1.165, 1.54) is 6.07 Å². The van der Waals surface area contributed by atoms with Crippen molar-refractivity contribution >= 4 is 23.3 Å². The zero-order valence-electron chi connectivity index (χ0n) is 9.11. The Morgan fingerprint density at radius 1 is 0.944 bits per heavy atom. The molecule has 0 saturated carbocycles. The minimum absolute atomic E-state index is 0.0233. The summed E-state index contributed by atoms with van der Waals surface area (Å²) in [6.45, 7) is 0. The van der Waals surface area contributed by atoms with E-state index in [-0.39, 0.29) is 23.3 Å². The molecule has 0 unspecified atom stereocenters. The lowest BCUT2D eigenvalue weighted by Crippen LogP contribution is -2.11. The third kappa shape index (κ3) is 2.80. The van der Waals surface area contributed by atoms with Crippen LogP contribution in [-0.4, -0.2) is 9.97 Å². The second-order valence-electron chi connectivity index (χ2n) is 3.42. The molecule has 6 nitrogen and oxygen atoms in total. The number of hydrogen-bond donors (Lipinski definition) is 4. The smallest absolute Gasteiger partial charge is 0.223 e. The van der Waals surface area contributed by atoms with Crippen LogP contribution >= 0.6 is 0 Å². The normalized spacial score (nSPS) is 10.2. The third-order valence-electron chi connectivity index (χ3n) is 2.03. The molecule has 0 spiro atoms. The van der Waals surface area contributed by atoms with Gasteiger partial charge in [0, 0.05) is 17.8 Å². The molecule has 0 bridgehead atoms. The van der Waals surface area contributed by atoms with E-state index in [9.17, 15) is 8.78 Å². The van der Waals surface area contributed by atoms with Gasteiger partial charge in [0.1, 0.15) is 23.3 Å². The van der Waals surface area contributed by atoms with Crippen LogP contribution in [0, 0.1) is 11.6 Å². The molecule has 0 aliphatic carbocycles. The molecule has 2 rings (SSSR count). The summed E-state index contributed by atoms with van der Waals surface area (Å²) in [5, 5.41) is 2.69. The Bertz CT molecular complexity index is 554. The summed E-state index contributed by atoms with van der Waals surface area (Å²) in [6, 6.07) is 4.46. The molecule has 94 valence electrons. The lowest BCUT2D eigenvalue weighted by atomic mass is 10.3. The average molecular weight is 252 g/mol. The van der Waals surface area contributed by atoms with Gasteiger partial charge in [-0.15, -0.1) is 0 Å². The molecule has 0 aliphatic heterocycles. The highest BCUT2D eigenvalue weighted by Crippen LogP contribution is 2.19. The molecule has 1 aromatic carbocycles. The van der Waals surface area contributed by atoms with Gasteiger partial charge in [0.25, 0.3) is 0 Å². The van der Waals surface area contributed by atoms with Crippen molar-refractivity contribution in [1.29, 1.82) is 0 Å². The molecule has 0 amide bonds. The molecule has 2 aromatic rings. The number of hydrazine groups is 1. The van der Waals surface area contributed by atoms with Crippen molar-refractivity contribution in [3.63, 3.8) is 0 Å². The number of nitrogens with one attached hydrogen (secondary N) is 2. The van der Waals surface area contributed by atoms with Crippen molar-refractivity contribution in [3.8, 4) is 0 Å². The van der Waals surface area contributed by atoms with Gasteiger partial charge in [0.05, 0.1) is 0 Å². The second kappa shape index (κ2) is 4.80. The van der Waals surface area contributed by atoms with Crippen LogP contribution in [0.3, 0.4) is 0 Å². The number of aromatic nitrogens is 2. The van der Waals surface area contributed by atoms with Crippen LogP contribution in [0.25, 0.3) is 0 Å². The lowest BCUT2D eigenvalue weighted by Gasteiger charge is -2.08. The van der Waals surface area contributed by atoms with Crippen molar-refractivity contribution < 1.29 is 8.78 Å². The van der Waals surface area contributed by atoms with Gasteiger partial charge >= 0.3 is 0 Å². The van der Waals surface area contributed by atoms with Crippen LogP contribution in [0.4, 0.5) is 32.1 Å². The predicted octanol–water partition coefficient (Wildman–Crippen LogP) is 1.37. The molecule has 18 heavy (non-hydrogen) atoms. The average Bonchev–Trinajstić information content (AvgIpc) is 2.26. The Labute approximate surface area is 101 Å². The number of nitrogen functional groups attached to an aromatic ring is 2. The summed E-state index contributed by atoms with van der Waals surface area (Å²) in [6.07, 6.45) is 0. The second-order valence-corrected chi connectivity index (χ2v) is 3.42. The van der Waals surface area contributed by atoms with Gasteiger partial charge in [-0.1, -0.05) is 0 Å². The lowest BCUT2D eigenvalue weighted by molar-refractivity contribution is 0.584. The first-order valence-corrected chi connectivity index (χ1v) is 4.91. The van der Waals surface area contributed by atoms with Crippen molar-refractivity contribution in [3.05, 3.63) is 35.9 Å². The molecule has 0 atom stereocenters. The highest BCUT2D eigenvalue weighted by atomic mass is 19.1. The molecule has 6 N–H and O–H groups in total. The van der Waals surface area contributed by atoms with Crippen LogP contribution in [0.15, 0.2) is 24.3 Å². The van der Waals surface area contributed by atoms with E-state index >= 15 is 0 Å². The van der Waals surface area contributed by atoms with E-state index in [4.69, 9.17) is 11.6 Å². The van der Waals surface area contributed by atoms with E-state index in [0.29, 0.717) is 0 Å². The SMILES string of the molecule is NNc1cc(Nc2cc(F)cc(F)c2)nc(N)n1. The Hall–Kier alpha value is -2.48. The Balaban J connectivity index is 2.30. The van der Waals surface area contributed by atoms with Gasteiger partial charge in [0.15, 0.2) is 0 Å². The highest BCUT2D eigenvalue weighted by molar-refractivity contribution is 5.60. The molecule has 8 heteroatoms. The number of halogens is 2. The van der Waals surface area contributed by atoms with Gasteiger partial charge < -0.3 is 16.5 Å². The molecular weight excluding hydrogens is 242 g/mol. The molecular formula is C10H10F2N6. The zero-order chi connectivity index (χ0) is 13.1. The monoisotopic (exact) mass is 252 g/mol. The number of rotatable bonds is 3. The minimum Gasteiger partial charge on any atom is -0.368 e. The van der Waals surface area contributed by atoms with Crippen LogP contribution in [0.2, 0.25) is 0 Å². The molecule has 0 radical (unpaired) electrons. The summed E-state index contributed by atoms with van der Waals surface area (Å²) in [5.41, 5.74) is 7.94. The van der Waals surface area contributed by atoms with Gasteiger partial charge in [-0.2, -0.15) is 9.97 Å². The van der Waals surface area contributed by atoms with Gasteiger partial charge in [-0.25, -0.2) is 14.6 Å². The third-order valence-corrected chi connectivity index (χ3v) is 2.03. The van der Waals surface area contributed by atoms with E-state index < -0.39 is 11.6 Å². The fourth-order valence-corrected chi connectivity index (χ4v) is 1.38. The molecule has 1 aromatic heterocycles.